The van der Waals surface area contributed by atoms with Crippen LogP contribution >= 0.6 is 0 Å². The summed E-state index contributed by atoms with van der Waals surface area (Å²) in [6.45, 7) is 1.49. The smallest absolute Gasteiger partial charge is 0.291 e. The summed E-state index contributed by atoms with van der Waals surface area (Å²) in [5.41, 5.74) is 1.14. The lowest BCUT2D eigenvalue weighted by Crippen LogP contribution is -2.16. The lowest BCUT2D eigenvalue weighted by molar-refractivity contribution is 0.100. The first kappa shape index (κ1) is 12.0. The van der Waals surface area contributed by atoms with Gasteiger partial charge in [0.1, 0.15) is 0 Å². The number of nitrogens with zero attached hydrogens (tertiary/aromatic N) is 2. The molecule has 92 valence electrons. The molecule has 1 aromatic heterocycles. The van der Waals surface area contributed by atoms with Crippen molar-refractivity contribution in [3.63, 3.8) is 0 Å². The molecule has 0 fully saturated rings. The van der Waals surface area contributed by atoms with Gasteiger partial charge in [-0.2, -0.15) is 0 Å². The molecule has 0 saturated carbocycles. The van der Waals surface area contributed by atoms with E-state index >= 15 is 0 Å². The van der Waals surface area contributed by atoms with Crippen LogP contribution in [0, 0.1) is 0 Å². The predicted molar refractivity (Wildman–Crippen MR) is 67.6 cm³/mol. The molecule has 1 amide bonds. The highest BCUT2D eigenvalue weighted by molar-refractivity contribution is 6.03. The van der Waals surface area contributed by atoms with Gasteiger partial charge in [0, 0.05) is 30.7 Å². The molecule has 2 aromatic rings. The maximum atomic E-state index is 11.9. The number of amides is 1. The van der Waals surface area contributed by atoms with Crippen molar-refractivity contribution in [1.82, 2.24) is 9.55 Å². The van der Waals surface area contributed by atoms with E-state index < -0.39 is 0 Å². The summed E-state index contributed by atoms with van der Waals surface area (Å²) in [6, 6.07) is 6.81. The summed E-state index contributed by atoms with van der Waals surface area (Å²) in [4.78, 5) is 27.1. The number of ketones is 1. The summed E-state index contributed by atoms with van der Waals surface area (Å²) in [6.07, 6.45) is 3.25. The van der Waals surface area contributed by atoms with Crippen molar-refractivity contribution in [3.05, 3.63) is 48.0 Å². The molecule has 0 bridgehead atoms. The Kier molecular flexibility index (Phi) is 3.23. The minimum atomic E-state index is -0.303. The van der Waals surface area contributed by atoms with Crippen LogP contribution in [-0.2, 0) is 7.05 Å². The third kappa shape index (κ3) is 2.45. The number of carbonyl (C=O) groups is 2. The van der Waals surface area contributed by atoms with Gasteiger partial charge in [0.2, 0.25) is 0 Å². The van der Waals surface area contributed by atoms with Crippen molar-refractivity contribution in [2.45, 2.75) is 6.92 Å². The van der Waals surface area contributed by atoms with E-state index in [2.05, 4.69) is 10.3 Å². The summed E-state index contributed by atoms with van der Waals surface area (Å²) in [7, 11) is 1.74. The molecule has 0 radical (unpaired) electrons. The minimum absolute atomic E-state index is 0.0388. The van der Waals surface area contributed by atoms with E-state index in [1.165, 1.54) is 6.92 Å². The number of carbonyl (C=O) groups excluding carboxylic acids is 2. The second-order valence-electron chi connectivity index (χ2n) is 3.95. The summed E-state index contributed by atoms with van der Waals surface area (Å²) >= 11 is 0. The normalized spacial score (nSPS) is 10.1. The largest absolute Gasteiger partial charge is 0.330 e. The van der Waals surface area contributed by atoms with Gasteiger partial charge in [-0.05, 0) is 19.1 Å². The minimum Gasteiger partial charge on any atom is -0.330 e. The topological polar surface area (TPSA) is 64.0 Å². The Morgan fingerprint density at radius 1 is 1.33 bits per heavy atom. The molecule has 18 heavy (non-hydrogen) atoms. The van der Waals surface area contributed by atoms with Crippen molar-refractivity contribution in [1.29, 1.82) is 0 Å². The number of aromatic nitrogens is 2. The van der Waals surface area contributed by atoms with Crippen molar-refractivity contribution in [3.8, 4) is 0 Å². The molecular weight excluding hydrogens is 230 g/mol. The second kappa shape index (κ2) is 4.83. The molecule has 5 heteroatoms. The van der Waals surface area contributed by atoms with Gasteiger partial charge in [0.25, 0.3) is 5.91 Å². The molecule has 0 aliphatic heterocycles. The van der Waals surface area contributed by atoms with Crippen molar-refractivity contribution < 1.29 is 9.59 Å². The van der Waals surface area contributed by atoms with E-state index in [-0.39, 0.29) is 11.7 Å². The molecule has 0 aliphatic rings. The van der Waals surface area contributed by atoms with Gasteiger partial charge in [0.05, 0.1) is 0 Å². The Bertz CT molecular complexity index is 602. The monoisotopic (exact) mass is 243 g/mol. The summed E-state index contributed by atoms with van der Waals surface area (Å²) < 4.78 is 1.63. The van der Waals surface area contributed by atoms with E-state index in [4.69, 9.17) is 0 Å². The number of anilines is 1. The van der Waals surface area contributed by atoms with Gasteiger partial charge >= 0.3 is 0 Å². The Morgan fingerprint density at radius 2 is 2.11 bits per heavy atom. The lowest BCUT2D eigenvalue weighted by atomic mass is 10.1. The molecule has 2 rings (SSSR count). The van der Waals surface area contributed by atoms with Crippen LogP contribution in [0.15, 0.2) is 36.7 Å². The van der Waals surface area contributed by atoms with Gasteiger partial charge in [-0.3, -0.25) is 9.59 Å². The van der Waals surface area contributed by atoms with E-state index in [0.29, 0.717) is 17.1 Å². The van der Waals surface area contributed by atoms with Crippen LogP contribution in [0.3, 0.4) is 0 Å². The van der Waals surface area contributed by atoms with Crippen LogP contribution in [-0.4, -0.2) is 21.2 Å². The zero-order valence-electron chi connectivity index (χ0n) is 10.2. The highest BCUT2D eigenvalue weighted by Gasteiger charge is 2.11. The molecule has 1 aromatic carbocycles. The first-order chi connectivity index (χ1) is 8.58. The van der Waals surface area contributed by atoms with Crippen LogP contribution in [0.5, 0.6) is 0 Å². The average Bonchev–Trinajstić information content (AvgIpc) is 2.76. The molecule has 0 saturated heterocycles. The highest BCUT2D eigenvalue weighted by Crippen LogP contribution is 2.12. The fourth-order valence-corrected chi connectivity index (χ4v) is 1.59. The van der Waals surface area contributed by atoms with Crippen LogP contribution in [0.25, 0.3) is 0 Å². The molecule has 0 atom stereocenters. The molecule has 5 nitrogen and oxygen atoms in total. The Hall–Kier alpha value is -2.43. The SMILES string of the molecule is CC(=O)c1cccc(NC(=O)c2nccn2C)c1. The van der Waals surface area contributed by atoms with Gasteiger partial charge in [0.15, 0.2) is 11.6 Å². The summed E-state index contributed by atoms with van der Waals surface area (Å²) in [5.74, 6) is -0.0190. The maximum absolute atomic E-state index is 11.9. The maximum Gasteiger partial charge on any atom is 0.291 e. The average molecular weight is 243 g/mol. The highest BCUT2D eigenvalue weighted by atomic mass is 16.2. The number of hydrogen-bond donors (Lipinski definition) is 1. The third-order valence-corrected chi connectivity index (χ3v) is 2.55. The lowest BCUT2D eigenvalue weighted by Gasteiger charge is -2.06. The molecule has 0 aliphatic carbocycles. The van der Waals surface area contributed by atoms with Gasteiger partial charge in [-0.1, -0.05) is 12.1 Å². The number of Topliss-reactive ketones (excluding diaryl/α,β-unsaturated/α-hetero) is 1. The van der Waals surface area contributed by atoms with Crippen molar-refractivity contribution >= 4 is 17.4 Å². The molecule has 0 spiro atoms. The van der Waals surface area contributed by atoms with Gasteiger partial charge < -0.3 is 9.88 Å². The fourth-order valence-electron chi connectivity index (χ4n) is 1.59. The summed E-state index contributed by atoms with van der Waals surface area (Å²) in [5, 5.41) is 2.71. The van der Waals surface area contributed by atoms with Crippen LogP contribution in [0.4, 0.5) is 5.69 Å². The van der Waals surface area contributed by atoms with E-state index in [1.807, 2.05) is 0 Å². The fraction of sp³-hybridized carbons (Fsp3) is 0.154. The zero-order chi connectivity index (χ0) is 13.1. The van der Waals surface area contributed by atoms with Gasteiger partial charge in [-0.15, -0.1) is 0 Å². The number of hydrogen-bond acceptors (Lipinski definition) is 3. The quantitative estimate of drug-likeness (QED) is 0.837. The Labute approximate surface area is 104 Å². The Balaban J connectivity index is 2.20. The van der Waals surface area contributed by atoms with E-state index in [9.17, 15) is 9.59 Å². The van der Waals surface area contributed by atoms with Gasteiger partial charge in [-0.25, -0.2) is 4.98 Å². The van der Waals surface area contributed by atoms with Crippen molar-refractivity contribution in [2.24, 2.45) is 7.05 Å². The molecule has 0 unspecified atom stereocenters. The third-order valence-electron chi connectivity index (χ3n) is 2.55. The number of benzene rings is 1. The van der Waals surface area contributed by atoms with Crippen molar-refractivity contribution in [2.75, 3.05) is 5.32 Å². The number of nitrogens with one attached hydrogen (secondary N) is 1. The van der Waals surface area contributed by atoms with Crippen LogP contribution in [0.1, 0.15) is 27.9 Å². The van der Waals surface area contributed by atoms with E-state index in [0.717, 1.165) is 0 Å². The zero-order valence-corrected chi connectivity index (χ0v) is 10.2. The number of imidazole rings is 1. The second-order valence-corrected chi connectivity index (χ2v) is 3.95. The van der Waals surface area contributed by atoms with E-state index in [1.54, 1.807) is 48.3 Å². The molecule has 1 N–H and O–H groups in total. The molecule has 1 heterocycles. The predicted octanol–water partition coefficient (Wildman–Crippen LogP) is 1.87. The van der Waals surface area contributed by atoms with Crippen LogP contribution in [0.2, 0.25) is 0 Å². The number of rotatable bonds is 3. The Morgan fingerprint density at radius 3 is 2.72 bits per heavy atom. The standard InChI is InChI=1S/C13H13N3O2/c1-9(17)10-4-3-5-11(8-10)15-13(18)12-14-6-7-16(12)2/h3-8H,1-2H3,(H,15,18). The first-order valence-electron chi connectivity index (χ1n) is 5.47. The van der Waals surface area contributed by atoms with Crippen LogP contribution < -0.4 is 5.32 Å². The number of aryl methyl sites for hydroxylation is 1. The molecular formula is C13H13N3O2. The first-order valence-corrected chi connectivity index (χ1v) is 5.47.